The highest BCUT2D eigenvalue weighted by molar-refractivity contribution is 7.80. The van der Waals surface area contributed by atoms with E-state index in [1.165, 1.54) is 11.1 Å². The molecule has 0 bridgehead atoms. The summed E-state index contributed by atoms with van der Waals surface area (Å²) in [6.45, 7) is 9.65. The van der Waals surface area contributed by atoms with Crippen molar-refractivity contribution in [2.75, 3.05) is 16.8 Å². The predicted molar refractivity (Wildman–Crippen MR) is 126 cm³/mol. The Morgan fingerprint density at radius 2 is 1.96 bits per heavy atom. The zero-order valence-corrected chi connectivity index (χ0v) is 18.2. The Kier molecular flexibility index (Phi) is 6.06. The van der Waals surface area contributed by atoms with Crippen molar-refractivity contribution >= 4 is 52.1 Å². The molecule has 0 unspecified atom stereocenters. The topological polar surface area (TPSA) is 39.7 Å². The molecule has 0 saturated carbocycles. The van der Waals surface area contributed by atoms with Gasteiger partial charge in [0.25, 0.3) is 0 Å². The number of halogens is 1. The normalized spacial score (nSPS) is 15.2. The average molecular weight is 413 g/mol. The molecule has 146 valence electrons. The van der Waals surface area contributed by atoms with Crippen LogP contribution in [-0.4, -0.2) is 23.4 Å². The zero-order chi connectivity index (χ0) is 20.3. The van der Waals surface area contributed by atoms with Crippen molar-refractivity contribution < 1.29 is 0 Å². The van der Waals surface area contributed by atoms with Crippen LogP contribution in [0.25, 0.3) is 5.57 Å². The van der Waals surface area contributed by atoms with Crippen LogP contribution >= 0.6 is 23.8 Å². The van der Waals surface area contributed by atoms with Crippen LogP contribution in [-0.2, 0) is 0 Å². The molecule has 0 saturated heterocycles. The minimum Gasteiger partial charge on any atom is -0.363 e. The number of allylic oxidation sites excluding steroid dienone is 1. The van der Waals surface area contributed by atoms with Gasteiger partial charge in [0.1, 0.15) is 0 Å². The first-order valence-electron chi connectivity index (χ1n) is 9.28. The molecule has 3 rings (SSSR count). The number of para-hydroxylation sites is 1. The number of likely N-dealkylation sites (N-methyl/N-ethyl adjacent to an activating group) is 1. The maximum absolute atomic E-state index is 6.56. The van der Waals surface area contributed by atoms with Crippen LogP contribution < -0.4 is 15.6 Å². The van der Waals surface area contributed by atoms with Gasteiger partial charge < -0.3 is 10.2 Å². The number of hydrogen-bond acceptors (Lipinski definition) is 3. The van der Waals surface area contributed by atoms with E-state index in [4.69, 9.17) is 23.8 Å². The van der Waals surface area contributed by atoms with E-state index in [0.29, 0.717) is 10.1 Å². The molecule has 0 atom stereocenters. The third-order valence-corrected chi connectivity index (χ3v) is 5.33. The van der Waals surface area contributed by atoms with E-state index in [1.807, 2.05) is 36.4 Å². The number of hydrazone groups is 1. The summed E-state index contributed by atoms with van der Waals surface area (Å²) < 4.78 is 0. The average Bonchev–Trinajstić information content (AvgIpc) is 2.63. The smallest absolute Gasteiger partial charge is 0.191 e. The van der Waals surface area contributed by atoms with Crippen LogP contribution in [0.3, 0.4) is 0 Å². The molecule has 0 aliphatic carbocycles. The first-order valence-corrected chi connectivity index (χ1v) is 10.1. The second kappa shape index (κ2) is 8.33. The molecule has 2 aromatic rings. The molecule has 0 radical (unpaired) electrons. The van der Waals surface area contributed by atoms with E-state index in [1.54, 1.807) is 6.21 Å². The summed E-state index contributed by atoms with van der Waals surface area (Å²) in [6.07, 6.45) is 4.00. The van der Waals surface area contributed by atoms with Gasteiger partial charge in [-0.1, -0.05) is 35.9 Å². The number of nitrogens with zero attached hydrogens (tertiary/aromatic N) is 2. The first kappa shape index (κ1) is 20.4. The Balaban J connectivity index is 1.78. The van der Waals surface area contributed by atoms with Gasteiger partial charge in [0.05, 0.1) is 16.8 Å². The number of rotatable bonds is 4. The van der Waals surface area contributed by atoms with Crippen LogP contribution in [0.1, 0.15) is 38.8 Å². The van der Waals surface area contributed by atoms with E-state index in [-0.39, 0.29) is 5.54 Å². The molecule has 1 aliphatic rings. The predicted octanol–water partition coefficient (Wildman–Crippen LogP) is 5.68. The molecule has 0 fully saturated rings. The van der Waals surface area contributed by atoms with Crippen molar-refractivity contribution in [1.82, 2.24) is 5.43 Å². The molecule has 1 aliphatic heterocycles. The highest BCUT2D eigenvalue weighted by atomic mass is 35.5. The highest BCUT2D eigenvalue weighted by Crippen LogP contribution is 2.40. The lowest BCUT2D eigenvalue weighted by Crippen LogP contribution is -2.44. The van der Waals surface area contributed by atoms with Gasteiger partial charge in [-0.3, -0.25) is 5.43 Å². The summed E-state index contributed by atoms with van der Waals surface area (Å²) in [7, 11) is 0. The summed E-state index contributed by atoms with van der Waals surface area (Å²) in [6, 6.07) is 13.8. The molecule has 6 heteroatoms. The van der Waals surface area contributed by atoms with Gasteiger partial charge in [-0.25, -0.2) is 0 Å². The monoisotopic (exact) mass is 412 g/mol. The third kappa shape index (κ3) is 4.37. The van der Waals surface area contributed by atoms with Crippen molar-refractivity contribution in [1.29, 1.82) is 0 Å². The standard InChI is InChI=1S/C22H25ClN4S/c1-5-27-20-12-19(23)16(11-18(20)15(2)13-22(27,3)4)14-24-26-21(28)25-17-9-7-6-8-10-17/h6-14H,5H2,1-4H3,(H2,25,26,28)/b24-14+. The van der Waals surface area contributed by atoms with E-state index in [2.05, 4.69) is 60.6 Å². The third-order valence-electron chi connectivity index (χ3n) is 4.81. The Hall–Kier alpha value is -2.37. The van der Waals surface area contributed by atoms with E-state index < -0.39 is 0 Å². The Morgan fingerprint density at radius 1 is 1.25 bits per heavy atom. The summed E-state index contributed by atoms with van der Waals surface area (Å²) in [5.41, 5.74) is 8.13. The first-order chi connectivity index (χ1) is 13.3. The molecular weight excluding hydrogens is 388 g/mol. The van der Waals surface area contributed by atoms with Crippen molar-refractivity contribution in [3.8, 4) is 0 Å². The van der Waals surface area contributed by atoms with Gasteiger partial charge in [-0.05, 0) is 69.8 Å². The quantitative estimate of drug-likeness (QED) is 0.385. The van der Waals surface area contributed by atoms with Gasteiger partial charge in [0, 0.05) is 29.0 Å². The SMILES string of the molecule is CCN1c2cc(Cl)c(/C=N/NC(=S)Nc3ccccc3)cc2C(C)=CC1(C)C. The second-order valence-electron chi connectivity index (χ2n) is 7.31. The van der Waals surface area contributed by atoms with Crippen LogP contribution in [0.4, 0.5) is 11.4 Å². The molecule has 4 nitrogen and oxygen atoms in total. The van der Waals surface area contributed by atoms with Gasteiger partial charge in [0.2, 0.25) is 0 Å². The maximum atomic E-state index is 6.56. The number of anilines is 2. The minimum absolute atomic E-state index is 0.0401. The maximum Gasteiger partial charge on any atom is 0.191 e. The fraction of sp³-hybridized carbons (Fsp3) is 0.273. The van der Waals surface area contributed by atoms with Crippen molar-refractivity contribution in [2.45, 2.75) is 33.2 Å². The molecule has 2 N–H and O–H groups in total. The van der Waals surface area contributed by atoms with E-state index >= 15 is 0 Å². The highest BCUT2D eigenvalue weighted by Gasteiger charge is 2.30. The Bertz CT molecular complexity index is 935. The number of fused-ring (bicyclic) bond motifs is 1. The molecular formula is C22H25ClN4S. The van der Waals surface area contributed by atoms with Crippen molar-refractivity contribution in [3.63, 3.8) is 0 Å². The van der Waals surface area contributed by atoms with Gasteiger partial charge >= 0.3 is 0 Å². The van der Waals surface area contributed by atoms with Gasteiger partial charge in [0.15, 0.2) is 5.11 Å². The summed E-state index contributed by atoms with van der Waals surface area (Å²) in [4.78, 5) is 2.36. The molecule has 28 heavy (non-hydrogen) atoms. The minimum atomic E-state index is -0.0401. The van der Waals surface area contributed by atoms with E-state index in [0.717, 1.165) is 23.5 Å². The van der Waals surface area contributed by atoms with Crippen LogP contribution in [0.15, 0.2) is 53.6 Å². The van der Waals surface area contributed by atoms with Crippen LogP contribution in [0.2, 0.25) is 5.02 Å². The molecule has 2 aromatic carbocycles. The summed E-state index contributed by atoms with van der Waals surface area (Å²) >= 11 is 11.8. The Morgan fingerprint density at radius 3 is 2.64 bits per heavy atom. The largest absolute Gasteiger partial charge is 0.363 e. The molecule has 1 heterocycles. The number of thiocarbonyl (C=S) groups is 1. The molecule has 0 spiro atoms. The fourth-order valence-corrected chi connectivity index (χ4v) is 4.01. The van der Waals surface area contributed by atoms with Gasteiger partial charge in [-0.15, -0.1) is 0 Å². The van der Waals surface area contributed by atoms with Crippen LogP contribution in [0.5, 0.6) is 0 Å². The lowest BCUT2D eigenvalue weighted by molar-refractivity contribution is 0.566. The Labute approximate surface area is 177 Å². The lowest BCUT2D eigenvalue weighted by atomic mass is 9.88. The van der Waals surface area contributed by atoms with E-state index in [9.17, 15) is 0 Å². The second-order valence-corrected chi connectivity index (χ2v) is 8.12. The van der Waals surface area contributed by atoms with Crippen molar-refractivity contribution in [3.05, 3.63) is 64.7 Å². The zero-order valence-electron chi connectivity index (χ0n) is 16.6. The number of benzene rings is 2. The summed E-state index contributed by atoms with van der Waals surface area (Å²) in [5.74, 6) is 0. The van der Waals surface area contributed by atoms with Crippen molar-refractivity contribution in [2.24, 2.45) is 5.10 Å². The molecule has 0 amide bonds. The van der Waals surface area contributed by atoms with Gasteiger partial charge in [-0.2, -0.15) is 5.10 Å². The lowest BCUT2D eigenvalue weighted by Gasteiger charge is -2.43. The van der Waals surface area contributed by atoms with Crippen LogP contribution in [0, 0.1) is 0 Å². The molecule has 0 aromatic heterocycles. The fourth-order valence-electron chi connectivity index (χ4n) is 3.63. The number of hydrogen-bond donors (Lipinski definition) is 2. The number of nitrogens with one attached hydrogen (secondary N) is 2. The summed E-state index contributed by atoms with van der Waals surface area (Å²) in [5, 5.41) is 8.41.